The maximum absolute atomic E-state index is 12.8. The standard InChI is InChI=1S/C9H15F5N2O/c1-16(2-3-17-9(12,13)14)5-7-4-8(10,11)6-15-7/h7,15H,2-6H2,1H3. The number of halogens is 5. The minimum Gasteiger partial charge on any atom is -0.307 e. The molecule has 0 aliphatic carbocycles. The molecule has 1 aliphatic rings. The first-order valence-electron chi connectivity index (χ1n) is 5.18. The normalized spacial score (nSPS) is 24.5. The molecule has 0 radical (unpaired) electrons. The number of hydrogen-bond donors (Lipinski definition) is 1. The Morgan fingerprint density at radius 2 is 2.06 bits per heavy atom. The van der Waals surface area contributed by atoms with Crippen LogP contribution in [0.1, 0.15) is 6.42 Å². The number of nitrogens with zero attached hydrogens (tertiary/aromatic N) is 1. The van der Waals surface area contributed by atoms with E-state index in [2.05, 4.69) is 10.1 Å². The Bertz CT molecular complexity index is 246. The molecule has 0 aromatic heterocycles. The number of ether oxygens (including phenoxy) is 1. The van der Waals surface area contributed by atoms with E-state index >= 15 is 0 Å². The summed E-state index contributed by atoms with van der Waals surface area (Å²) in [5.41, 5.74) is 0. The summed E-state index contributed by atoms with van der Waals surface area (Å²) in [6.45, 7) is -0.548. The second-order valence-electron chi connectivity index (χ2n) is 4.19. The first-order valence-corrected chi connectivity index (χ1v) is 5.18. The number of likely N-dealkylation sites (N-methyl/N-ethyl adjacent to an activating group) is 1. The van der Waals surface area contributed by atoms with Crippen LogP contribution in [0.5, 0.6) is 0 Å². The number of nitrogens with one attached hydrogen (secondary N) is 1. The van der Waals surface area contributed by atoms with E-state index in [4.69, 9.17) is 0 Å². The molecular weight excluding hydrogens is 247 g/mol. The zero-order valence-electron chi connectivity index (χ0n) is 9.36. The molecule has 1 unspecified atom stereocenters. The first kappa shape index (κ1) is 14.6. The van der Waals surface area contributed by atoms with Crippen LogP contribution in [0.4, 0.5) is 22.0 Å². The Labute approximate surface area is 95.9 Å². The van der Waals surface area contributed by atoms with E-state index in [1.807, 2.05) is 0 Å². The van der Waals surface area contributed by atoms with E-state index in [0.717, 1.165) is 0 Å². The number of alkyl halides is 5. The average molecular weight is 262 g/mol. The van der Waals surface area contributed by atoms with Crippen molar-refractivity contribution in [3.05, 3.63) is 0 Å². The SMILES string of the molecule is CN(CCOC(F)(F)F)CC1CC(F)(F)CN1. The van der Waals surface area contributed by atoms with Gasteiger partial charge in [-0.3, -0.25) is 4.74 Å². The van der Waals surface area contributed by atoms with Gasteiger partial charge in [0.2, 0.25) is 0 Å². The van der Waals surface area contributed by atoms with E-state index in [9.17, 15) is 22.0 Å². The van der Waals surface area contributed by atoms with Gasteiger partial charge in [0.25, 0.3) is 5.92 Å². The molecule has 102 valence electrons. The predicted molar refractivity (Wildman–Crippen MR) is 50.9 cm³/mol. The third-order valence-corrected chi connectivity index (χ3v) is 2.47. The molecule has 0 amide bonds. The largest absolute Gasteiger partial charge is 0.522 e. The van der Waals surface area contributed by atoms with Crippen molar-refractivity contribution in [2.45, 2.75) is 24.7 Å². The third-order valence-electron chi connectivity index (χ3n) is 2.47. The molecule has 1 fully saturated rings. The third kappa shape index (κ3) is 6.13. The number of rotatable bonds is 5. The molecule has 1 heterocycles. The fourth-order valence-corrected chi connectivity index (χ4v) is 1.71. The van der Waals surface area contributed by atoms with Crippen LogP contribution in [-0.2, 0) is 4.74 Å². The van der Waals surface area contributed by atoms with Crippen LogP contribution >= 0.6 is 0 Å². The lowest BCUT2D eigenvalue weighted by atomic mass is 10.2. The summed E-state index contributed by atoms with van der Waals surface area (Å²) < 4.78 is 64.2. The van der Waals surface area contributed by atoms with E-state index in [1.54, 1.807) is 7.05 Å². The Morgan fingerprint density at radius 1 is 1.41 bits per heavy atom. The van der Waals surface area contributed by atoms with Crippen molar-refractivity contribution in [2.24, 2.45) is 0 Å². The van der Waals surface area contributed by atoms with Crippen LogP contribution in [0.15, 0.2) is 0 Å². The van der Waals surface area contributed by atoms with Gasteiger partial charge in [-0.1, -0.05) is 0 Å². The van der Waals surface area contributed by atoms with Gasteiger partial charge in [0, 0.05) is 25.6 Å². The topological polar surface area (TPSA) is 24.5 Å². The minimum atomic E-state index is -4.64. The van der Waals surface area contributed by atoms with Crippen molar-refractivity contribution in [3.63, 3.8) is 0 Å². The van der Waals surface area contributed by atoms with Gasteiger partial charge in [-0.05, 0) is 7.05 Å². The molecule has 1 atom stereocenters. The predicted octanol–water partition coefficient (Wildman–Crippen LogP) is 1.45. The molecule has 1 rings (SSSR count). The molecule has 8 heteroatoms. The van der Waals surface area contributed by atoms with Crippen LogP contribution in [-0.4, -0.2) is 56.5 Å². The van der Waals surface area contributed by atoms with Crippen molar-refractivity contribution in [2.75, 3.05) is 33.3 Å². The zero-order chi connectivity index (χ0) is 13.1. The summed E-state index contributed by atoms with van der Waals surface area (Å²) in [7, 11) is 1.57. The van der Waals surface area contributed by atoms with E-state index in [1.165, 1.54) is 4.90 Å². The van der Waals surface area contributed by atoms with Crippen LogP contribution in [0.25, 0.3) is 0 Å². The zero-order valence-corrected chi connectivity index (χ0v) is 9.36. The Kier molecular flexibility index (Phi) is 4.68. The lowest BCUT2D eigenvalue weighted by molar-refractivity contribution is -0.324. The monoisotopic (exact) mass is 262 g/mol. The molecule has 1 saturated heterocycles. The minimum absolute atomic E-state index is 0.0449. The highest BCUT2D eigenvalue weighted by molar-refractivity contribution is 4.88. The quantitative estimate of drug-likeness (QED) is 0.759. The summed E-state index contributed by atoms with van der Waals surface area (Å²) in [6, 6.07) is -0.388. The van der Waals surface area contributed by atoms with Crippen molar-refractivity contribution < 1.29 is 26.7 Å². The molecule has 1 aliphatic heterocycles. The van der Waals surface area contributed by atoms with Crippen LogP contribution in [0.3, 0.4) is 0 Å². The molecule has 1 N–H and O–H groups in total. The van der Waals surface area contributed by atoms with Crippen molar-refractivity contribution in [1.29, 1.82) is 0 Å². The van der Waals surface area contributed by atoms with Crippen LogP contribution in [0, 0.1) is 0 Å². The second-order valence-corrected chi connectivity index (χ2v) is 4.19. The summed E-state index contributed by atoms with van der Waals surface area (Å²) in [6.07, 6.45) is -4.92. The highest BCUT2D eigenvalue weighted by Crippen LogP contribution is 2.25. The van der Waals surface area contributed by atoms with Gasteiger partial charge in [0.1, 0.15) is 0 Å². The fraction of sp³-hybridized carbons (Fsp3) is 1.00. The molecular formula is C9H15F5N2O. The van der Waals surface area contributed by atoms with E-state index in [0.29, 0.717) is 0 Å². The Hall–Kier alpha value is -0.470. The summed E-state index contributed by atoms with van der Waals surface area (Å²) in [5, 5.41) is 2.63. The van der Waals surface area contributed by atoms with Gasteiger partial charge < -0.3 is 10.2 Å². The fourth-order valence-electron chi connectivity index (χ4n) is 1.71. The van der Waals surface area contributed by atoms with E-state index < -0.39 is 18.9 Å². The lowest BCUT2D eigenvalue weighted by Gasteiger charge is -2.21. The molecule has 3 nitrogen and oxygen atoms in total. The van der Waals surface area contributed by atoms with Gasteiger partial charge in [-0.25, -0.2) is 8.78 Å². The molecule has 0 aromatic carbocycles. The maximum atomic E-state index is 12.8. The molecule has 17 heavy (non-hydrogen) atoms. The number of hydrogen-bond acceptors (Lipinski definition) is 3. The second kappa shape index (κ2) is 5.45. The van der Waals surface area contributed by atoms with Crippen LogP contribution in [0.2, 0.25) is 0 Å². The van der Waals surface area contributed by atoms with Gasteiger partial charge in [-0.2, -0.15) is 0 Å². The van der Waals surface area contributed by atoms with Gasteiger partial charge in [0.15, 0.2) is 0 Å². The summed E-state index contributed by atoms with van der Waals surface area (Å²) in [5.74, 6) is -2.71. The van der Waals surface area contributed by atoms with Crippen molar-refractivity contribution in [1.82, 2.24) is 10.2 Å². The summed E-state index contributed by atoms with van der Waals surface area (Å²) >= 11 is 0. The van der Waals surface area contributed by atoms with E-state index in [-0.39, 0.29) is 32.1 Å². The van der Waals surface area contributed by atoms with Gasteiger partial charge >= 0.3 is 6.36 Å². The van der Waals surface area contributed by atoms with Gasteiger partial charge in [0.05, 0.1) is 13.2 Å². The lowest BCUT2D eigenvalue weighted by Crippen LogP contribution is -2.37. The highest BCUT2D eigenvalue weighted by atomic mass is 19.4. The Balaban J connectivity index is 2.16. The highest BCUT2D eigenvalue weighted by Gasteiger charge is 2.39. The van der Waals surface area contributed by atoms with Crippen molar-refractivity contribution in [3.8, 4) is 0 Å². The Morgan fingerprint density at radius 3 is 2.53 bits per heavy atom. The average Bonchev–Trinajstić information content (AvgIpc) is 2.42. The maximum Gasteiger partial charge on any atom is 0.522 e. The molecule has 0 saturated carbocycles. The van der Waals surface area contributed by atoms with Gasteiger partial charge in [-0.15, -0.1) is 13.2 Å². The molecule has 0 bridgehead atoms. The molecule has 0 spiro atoms. The molecule has 0 aromatic rings. The van der Waals surface area contributed by atoms with Crippen LogP contribution < -0.4 is 5.32 Å². The summed E-state index contributed by atoms with van der Waals surface area (Å²) in [4.78, 5) is 1.53. The smallest absolute Gasteiger partial charge is 0.307 e. The van der Waals surface area contributed by atoms with Crippen molar-refractivity contribution >= 4 is 0 Å². The first-order chi connectivity index (χ1) is 7.68.